The van der Waals surface area contributed by atoms with Crippen molar-refractivity contribution in [3.63, 3.8) is 0 Å². The third kappa shape index (κ3) is 25.6. The Kier molecular flexibility index (Phi) is 21.3. The molecule has 0 aliphatic carbocycles. The fraction of sp³-hybridized carbons (Fsp3) is 0.875. The first-order chi connectivity index (χ1) is 9.68. The maximum absolute atomic E-state index is 10.3. The molecule has 0 atom stereocenters. The maximum Gasteiger partial charge on any atom is 0.303 e. The summed E-state index contributed by atoms with van der Waals surface area (Å²) in [4.78, 5) is 18.6. The first kappa shape index (κ1) is 21.2. The minimum Gasteiger partial charge on any atom is -0.481 e. The van der Waals surface area contributed by atoms with Crippen LogP contribution in [0.15, 0.2) is 0 Å². The number of carbonyl (C=O) groups excluding carboxylic acids is 1. The fourth-order valence-corrected chi connectivity index (χ4v) is 2.12. The number of rotatable bonds is 13. The molecule has 0 spiro atoms. The molecule has 20 heavy (non-hydrogen) atoms. The van der Waals surface area contributed by atoms with Crippen molar-refractivity contribution in [1.82, 2.24) is 0 Å². The molecule has 0 rings (SSSR count). The number of hydrogen-bond donors (Lipinski definition) is 2. The number of hydrogen-bond acceptors (Lipinski definition) is 3. The van der Waals surface area contributed by atoms with Crippen molar-refractivity contribution < 1.29 is 14.7 Å². The van der Waals surface area contributed by atoms with Gasteiger partial charge >= 0.3 is 5.97 Å². The van der Waals surface area contributed by atoms with Gasteiger partial charge in [0.25, 0.3) is 0 Å². The molecule has 0 unspecified atom stereocenters. The molecule has 0 heterocycles. The number of isocyanates is 1. The molecule has 4 heteroatoms. The van der Waals surface area contributed by atoms with Crippen molar-refractivity contribution in [3.05, 3.63) is 0 Å². The van der Waals surface area contributed by atoms with Crippen LogP contribution < -0.4 is 0 Å². The van der Waals surface area contributed by atoms with E-state index in [0.717, 1.165) is 18.9 Å². The van der Waals surface area contributed by atoms with E-state index in [1.807, 2.05) is 0 Å². The number of nitrogens with one attached hydrogen (secondary N) is 1. The molecule has 0 saturated heterocycles. The Morgan fingerprint density at radius 1 is 0.850 bits per heavy atom. The Labute approximate surface area is 123 Å². The van der Waals surface area contributed by atoms with Crippen molar-refractivity contribution in [3.8, 4) is 0 Å². The van der Waals surface area contributed by atoms with Crippen LogP contribution in [0.3, 0.4) is 0 Å². The lowest BCUT2D eigenvalue weighted by molar-refractivity contribution is -0.137. The van der Waals surface area contributed by atoms with E-state index < -0.39 is 5.97 Å². The molecule has 4 nitrogen and oxygen atoms in total. The second-order valence-electron chi connectivity index (χ2n) is 5.13. The molecule has 0 bridgehead atoms. The second-order valence-corrected chi connectivity index (χ2v) is 5.13. The van der Waals surface area contributed by atoms with Crippen LogP contribution in [-0.4, -0.2) is 17.2 Å². The average molecular weight is 285 g/mol. The Balaban J connectivity index is 0. The van der Waals surface area contributed by atoms with E-state index >= 15 is 0 Å². The summed E-state index contributed by atoms with van der Waals surface area (Å²) in [6.45, 7) is 2.25. The zero-order valence-electron chi connectivity index (χ0n) is 13.0. The van der Waals surface area contributed by atoms with E-state index in [0.29, 0.717) is 6.42 Å². The van der Waals surface area contributed by atoms with Crippen LogP contribution in [0.5, 0.6) is 0 Å². The number of carboxylic acid groups (broad SMARTS) is 1. The number of carboxylic acids is 1. The van der Waals surface area contributed by atoms with Gasteiger partial charge < -0.3 is 5.11 Å². The molecule has 0 radical (unpaired) electrons. The summed E-state index contributed by atoms with van der Waals surface area (Å²) in [5.74, 6) is -0.655. The van der Waals surface area contributed by atoms with Crippen molar-refractivity contribution in [2.24, 2.45) is 0 Å². The van der Waals surface area contributed by atoms with Gasteiger partial charge in [0.1, 0.15) is 0 Å². The van der Waals surface area contributed by atoms with Crippen LogP contribution in [-0.2, 0) is 9.59 Å². The van der Waals surface area contributed by atoms with Crippen LogP contribution in [0.1, 0.15) is 90.4 Å². The predicted molar refractivity (Wildman–Crippen MR) is 81.7 cm³/mol. The Hall–Kier alpha value is -1.15. The second kappa shape index (κ2) is 20.2. The molecular weight excluding hydrogens is 254 g/mol. The van der Waals surface area contributed by atoms with Crippen molar-refractivity contribution in [2.75, 3.05) is 0 Å². The minimum atomic E-state index is -0.655. The highest BCUT2D eigenvalue weighted by molar-refractivity contribution is 5.66. The minimum absolute atomic E-state index is 0.345. The number of aliphatic carboxylic acids is 1. The molecule has 0 aliphatic heterocycles. The van der Waals surface area contributed by atoms with Gasteiger partial charge in [-0.25, -0.2) is 10.2 Å². The van der Waals surface area contributed by atoms with Crippen molar-refractivity contribution >= 4 is 12.0 Å². The van der Waals surface area contributed by atoms with Crippen LogP contribution in [0, 0.1) is 5.41 Å². The fourth-order valence-electron chi connectivity index (χ4n) is 2.12. The van der Waals surface area contributed by atoms with Crippen LogP contribution in [0.25, 0.3) is 0 Å². The SMILES string of the molecule is CCCCCCCCCCCCCCC(=O)O.N=C=O. The van der Waals surface area contributed by atoms with Gasteiger partial charge in [0.2, 0.25) is 6.08 Å². The van der Waals surface area contributed by atoms with E-state index in [2.05, 4.69) is 6.92 Å². The van der Waals surface area contributed by atoms with Gasteiger partial charge in [-0.3, -0.25) is 4.79 Å². The third-order valence-electron chi connectivity index (χ3n) is 3.24. The maximum atomic E-state index is 10.3. The lowest BCUT2D eigenvalue weighted by Gasteiger charge is -2.02. The summed E-state index contributed by atoms with van der Waals surface area (Å²) in [7, 11) is 0. The monoisotopic (exact) mass is 285 g/mol. The molecule has 0 fully saturated rings. The van der Waals surface area contributed by atoms with Crippen LogP contribution in [0.4, 0.5) is 0 Å². The summed E-state index contributed by atoms with van der Waals surface area (Å²) in [6, 6.07) is 0. The van der Waals surface area contributed by atoms with Crippen molar-refractivity contribution in [2.45, 2.75) is 90.4 Å². The summed E-state index contributed by atoms with van der Waals surface area (Å²) in [6.07, 6.45) is 16.6. The van der Waals surface area contributed by atoms with Gasteiger partial charge in [0.15, 0.2) is 0 Å². The highest BCUT2D eigenvalue weighted by Crippen LogP contribution is 2.12. The lowest BCUT2D eigenvalue weighted by atomic mass is 10.0. The smallest absolute Gasteiger partial charge is 0.303 e. The third-order valence-corrected chi connectivity index (χ3v) is 3.24. The zero-order valence-corrected chi connectivity index (χ0v) is 13.0. The van der Waals surface area contributed by atoms with E-state index in [4.69, 9.17) is 15.3 Å². The number of carbonyl (C=O) groups is 1. The van der Waals surface area contributed by atoms with E-state index in [-0.39, 0.29) is 0 Å². The lowest BCUT2D eigenvalue weighted by Crippen LogP contribution is -1.93. The molecule has 0 aliphatic rings. The van der Waals surface area contributed by atoms with Crippen molar-refractivity contribution in [1.29, 1.82) is 5.41 Å². The summed E-state index contributed by atoms with van der Waals surface area (Å²) < 4.78 is 0. The zero-order chi connectivity index (χ0) is 15.5. The topological polar surface area (TPSA) is 78.2 Å². The first-order valence-electron chi connectivity index (χ1n) is 7.94. The quantitative estimate of drug-likeness (QED) is 0.282. The molecule has 0 saturated carbocycles. The van der Waals surface area contributed by atoms with E-state index in [1.165, 1.54) is 64.2 Å². The van der Waals surface area contributed by atoms with Crippen LogP contribution >= 0.6 is 0 Å². The Bertz CT molecular complexity index is 236. The van der Waals surface area contributed by atoms with Crippen LogP contribution in [0.2, 0.25) is 0 Å². The van der Waals surface area contributed by atoms with Gasteiger partial charge in [-0.1, -0.05) is 77.6 Å². The molecule has 2 N–H and O–H groups in total. The first-order valence-corrected chi connectivity index (χ1v) is 7.94. The standard InChI is InChI=1S/C15H30O2.CHNO/c1-2-3-4-5-6-7-8-9-10-11-12-13-14-15(16)17;2-1-3/h2-14H2,1H3,(H,16,17);2H. The molecular formula is C16H31NO3. The van der Waals surface area contributed by atoms with E-state index in [1.54, 1.807) is 0 Å². The van der Waals surface area contributed by atoms with Gasteiger partial charge in [-0.2, -0.15) is 0 Å². The molecule has 118 valence electrons. The molecule has 0 amide bonds. The summed E-state index contributed by atoms with van der Waals surface area (Å²) in [5, 5.41) is 13.9. The normalized spacial score (nSPS) is 9.45. The van der Waals surface area contributed by atoms with E-state index in [9.17, 15) is 4.79 Å². The molecule has 0 aromatic carbocycles. The van der Waals surface area contributed by atoms with Gasteiger partial charge in [-0.15, -0.1) is 0 Å². The molecule has 0 aromatic rings. The summed E-state index contributed by atoms with van der Waals surface area (Å²) >= 11 is 0. The average Bonchev–Trinajstić information content (AvgIpc) is 2.40. The predicted octanol–water partition coefficient (Wildman–Crippen LogP) is 5.06. The Morgan fingerprint density at radius 3 is 1.45 bits per heavy atom. The van der Waals surface area contributed by atoms with Gasteiger partial charge in [0.05, 0.1) is 0 Å². The highest BCUT2D eigenvalue weighted by atomic mass is 16.4. The summed E-state index contributed by atoms with van der Waals surface area (Å²) in [5.41, 5.74) is 0. The highest BCUT2D eigenvalue weighted by Gasteiger charge is 1.96. The Morgan fingerprint density at radius 2 is 1.15 bits per heavy atom. The van der Waals surface area contributed by atoms with Gasteiger partial charge in [-0.05, 0) is 6.42 Å². The van der Waals surface area contributed by atoms with Gasteiger partial charge in [0, 0.05) is 6.42 Å². The molecule has 0 aromatic heterocycles. The number of unbranched alkanes of at least 4 members (excludes halogenated alkanes) is 11. The largest absolute Gasteiger partial charge is 0.481 e.